The van der Waals surface area contributed by atoms with Gasteiger partial charge >= 0.3 is 0 Å². The molecular weight excluding hydrogens is 166 g/mol. The monoisotopic (exact) mass is 181 g/mol. The first-order chi connectivity index (χ1) is 6.07. The number of nitrogens with two attached hydrogens (primary N) is 1. The summed E-state index contributed by atoms with van der Waals surface area (Å²) in [4.78, 5) is 0. The van der Waals surface area contributed by atoms with E-state index < -0.39 is 0 Å². The Bertz CT molecular complexity index is 310. The van der Waals surface area contributed by atoms with E-state index in [0.29, 0.717) is 12.1 Å². The first kappa shape index (κ1) is 9.86. The van der Waals surface area contributed by atoms with E-state index in [4.69, 9.17) is 5.73 Å². The van der Waals surface area contributed by atoms with Crippen molar-refractivity contribution >= 4 is 0 Å². The topological polar surface area (TPSA) is 66.5 Å². The molecule has 1 aromatic carbocycles. The lowest BCUT2D eigenvalue weighted by atomic mass is 9.97. The fourth-order valence-corrected chi connectivity index (χ4v) is 1.24. The van der Waals surface area contributed by atoms with Crippen LogP contribution in [-0.4, -0.2) is 16.8 Å². The van der Waals surface area contributed by atoms with E-state index in [1.807, 2.05) is 6.92 Å². The first-order valence-corrected chi connectivity index (χ1v) is 4.29. The largest absolute Gasteiger partial charge is 0.508 e. The van der Waals surface area contributed by atoms with Crippen LogP contribution in [0.5, 0.6) is 11.5 Å². The summed E-state index contributed by atoms with van der Waals surface area (Å²) in [5.41, 5.74) is 6.79. The molecule has 3 heteroatoms. The molecule has 1 unspecified atom stereocenters. The van der Waals surface area contributed by atoms with Crippen molar-refractivity contribution in [1.82, 2.24) is 0 Å². The van der Waals surface area contributed by atoms with Crippen LogP contribution in [0.1, 0.15) is 24.0 Å². The highest BCUT2D eigenvalue weighted by Gasteiger charge is 2.12. The van der Waals surface area contributed by atoms with Crippen LogP contribution in [0.2, 0.25) is 0 Å². The van der Waals surface area contributed by atoms with E-state index in [9.17, 15) is 10.2 Å². The van der Waals surface area contributed by atoms with Crippen LogP contribution in [0.25, 0.3) is 0 Å². The summed E-state index contributed by atoms with van der Waals surface area (Å²) in [6.45, 7) is 4.10. The molecule has 1 aromatic rings. The predicted octanol–water partition coefficient (Wildman–Crippen LogP) is 1.47. The molecule has 0 heterocycles. The molecule has 0 saturated heterocycles. The second-order valence-corrected chi connectivity index (χ2v) is 3.28. The summed E-state index contributed by atoms with van der Waals surface area (Å²) in [6, 6.07) is 3.28. The maximum atomic E-state index is 9.66. The van der Waals surface area contributed by atoms with Crippen LogP contribution in [-0.2, 0) is 0 Å². The summed E-state index contributed by atoms with van der Waals surface area (Å²) in [5.74, 6) is 0.378. The summed E-state index contributed by atoms with van der Waals surface area (Å²) in [7, 11) is 0. The summed E-state index contributed by atoms with van der Waals surface area (Å²) >= 11 is 0. The number of hydrogen-bond donors (Lipinski definition) is 3. The van der Waals surface area contributed by atoms with Gasteiger partial charge in [-0.1, -0.05) is 13.0 Å². The second kappa shape index (κ2) is 3.66. The molecule has 4 N–H and O–H groups in total. The van der Waals surface area contributed by atoms with Gasteiger partial charge in [0.2, 0.25) is 0 Å². The Labute approximate surface area is 77.8 Å². The maximum absolute atomic E-state index is 9.66. The maximum Gasteiger partial charge on any atom is 0.125 e. The van der Waals surface area contributed by atoms with Gasteiger partial charge in [0, 0.05) is 5.56 Å². The highest BCUT2D eigenvalue weighted by atomic mass is 16.3. The molecule has 0 saturated carbocycles. The summed E-state index contributed by atoms with van der Waals surface area (Å²) < 4.78 is 0. The second-order valence-electron chi connectivity index (χ2n) is 3.28. The Morgan fingerprint density at radius 1 is 1.38 bits per heavy atom. The molecule has 0 aliphatic carbocycles. The van der Waals surface area contributed by atoms with E-state index in [2.05, 4.69) is 0 Å². The number of benzene rings is 1. The molecule has 0 radical (unpaired) electrons. The van der Waals surface area contributed by atoms with Crippen LogP contribution in [0, 0.1) is 6.92 Å². The zero-order chi connectivity index (χ0) is 10.0. The van der Waals surface area contributed by atoms with Gasteiger partial charge in [0.1, 0.15) is 11.5 Å². The number of phenolic OH excluding ortho intramolecular Hbond substituents is 2. The van der Waals surface area contributed by atoms with Gasteiger partial charge in [0.25, 0.3) is 0 Å². The molecule has 1 rings (SSSR count). The number of aromatic hydroxyl groups is 2. The third-order valence-electron chi connectivity index (χ3n) is 2.32. The standard InChI is InChI=1S/C10H15NO2/c1-6(5-11)8-3-4-9(12)7(2)10(8)13/h3-4,6,12-13H,5,11H2,1-2H3. The summed E-state index contributed by atoms with van der Waals surface area (Å²) in [5, 5.41) is 19.0. The first-order valence-electron chi connectivity index (χ1n) is 4.29. The number of hydrogen-bond acceptors (Lipinski definition) is 3. The minimum atomic E-state index is 0.110. The van der Waals surface area contributed by atoms with E-state index in [1.54, 1.807) is 19.1 Å². The average molecular weight is 181 g/mol. The lowest BCUT2D eigenvalue weighted by Gasteiger charge is -2.13. The van der Waals surface area contributed by atoms with Crippen molar-refractivity contribution < 1.29 is 10.2 Å². The molecular formula is C10H15NO2. The van der Waals surface area contributed by atoms with Crippen molar-refractivity contribution in [2.45, 2.75) is 19.8 Å². The van der Waals surface area contributed by atoms with Crippen molar-refractivity contribution in [3.05, 3.63) is 23.3 Å². The third-order valence-corrected chi connectivity index (χ3v) is 2.32. The van der Waals surface area contributed by atoms with E-state index in [0.717, 1.165) is 5.56 Å². The predicted molar refractivity (Wildman–Crippen MR) is 52.0 cm³/mol. The fraction of sp³-hybridized carbons (Fsp3) is 0.400. The van der Waals surface area contributed by atoms with Gasteiger partial charge in [0.15, 0.2) is 0 Å². The van der Waals surface area contributed by atoms with E-state index in [-0.39, 0.29) is 17.4 Å². The van der Waals surface area contributed by atoms with Crippen molar-refractivity contribution in [1.29, 1.82) is 0 Å². The van der Waals surface area contributed by atoms with Crippen molar-refractivity contribution in [2.75, 3.05) is 6.54 Å². The Morgan fingerprint density at radius 3 is 2.54 bits per heavy atom. The average Bonchev–Trinajstić information content (AvgIpc) is 2.13. The van der Waals surface area contributed by atoms with Gasteiger partial charge < -0.3 is 15.9 Å². The van der Waals surface area contributed by atoms with Gasteiger partial charge in [-0.15, -0.1) is 0 Å². The van der Waals surface area contributed by atoms with Gasteiger partial charge in [0.05, 0.1) is 0 Å². The van der Waals surface area contributed by atoms with Crippen LogP contribution >= 0.6 is 0 Å². The van der Waals surface area contributed by atoms with Gasteiger partial charge in [-0.05, 0) is 31.0 Å². The molecule has 0 aromatic heterocycles. The molecule has 0 amide bonds. The van der Waals surface area contributed by atoms with Crippen LogP contribution in [0.3, 0.4) is 0 Å². The molecule has 72 valence electrons. The van der Waals surface area contributed by atoms with Crippen LogP contribution in [0.15, 0.2) is 12.1 Å². The molecule has 0 aliphatic heterocycles. The minimum absolute atomic E-state index is 0.110. The SMILES string of the molecule is Cc1c(O)ccc(C(C)CN)c1O. The van der Waals surface area contributed by atoms with E-state index >= 15 is 0 Å². The lowest BCUT2D eigenvalue weighted by molar-refractivity contribution is 0.435. The highest BCUT2D eigenvalue weighted by Crippen LogP contribution is 2.33. The Hall–Kier alpha value is -1.22. The highest BCUT2D eigenvalue weighted by molar-refractivity contribution is 5.48. The Kier molecular flexibility index (Phi) is 2.78. The van der Waals surface area contributed by atoms with E-state index in [1.165, 1.54) is 0 Å². The quantitative estimate of drug-likeness (QED) is 0.647. The number of phenols is 2. The Balaban J connectivity index is 3.18. The van der Waals surface area contributed by atoms with Crippen LogP contribution < -0.4 is 5.73 Å². The fourth-order valence-electron chi connectivity index (χ4n) is 1.24. The third kappa shape index (κ3) is 1.75. The molecule has 0 bridgehead atoms. The molecule has 0 spiro atoms. The van der Waals surface area contributed by atoms with Crippen molar-refractivity contribution in [3.63, 3.8) is 0 Å². The van der Waals surface area contributed by atoms with Crippen molar-refractivity contribution in [2.24, 2.45) is 5.73 Å². The zero-order valence-electron chi connectivity index (χ0n) is 7.91. The molecule has 0 fully saturated rings. The molecule has 3 nitrogen and oxygen atoms in total. The van der Waals surface area contributed by atoms with Gasteiger partial charge in [-0.2, -0.15) is 0 Å². The smallest absolute Gasteiger partial charge is 0.125 e. The zero-order valence-corrected chi connectivity index (χ0v) is 7.91. The summed E-state index contributed by atoms with van der Waals surface area (Å²) in [6.07, 6.45) is 0. The molecule has 0 aliphatic rings. The van der Waals surface area contributed by atoms with Gasteiger partial charge in [-0.3, -0.25) is 0 Å². The number of rotatable bonds is 2. The molecule has 1 atom stereocenters. The Morgan fingerprint density at radius 2 is 2.00 bits per heavy atom. The van der Waals surface area contributed by atoms with Crippen molar-refractivity contribution in [3.8, 4) is 11.5 Å². The van der Waals surface area contributed by atoms with Gasteiger partial charge in [-0.25, -0.2) is 0 Å². The lowest BCUT2D eigenvalue weighted by Crippen LogP contribution is -2.09. The molecule has 13 heavy (non-hydrogen) atoms. The van der Waals surface area contributed by atoms with Crippen LogP contribution in [0.4, 0.5) is 0 Å². The normalized spacial score (nSPS) is 12.8. The minimum Gasteiger partial charge on any atom is -0.508 e.